The van der Waals surface area contributed by atoms with Gasteiger partial charge >= 0.3 is 5.97 Å². The van der Waals surface area contributed by atoms with Crippen LogP contribution in [0, 0.1) is 11.8 Å². The average Bonchev–Trinajstić information content (AvgIpc) is 2.82. The molecule has 0 bridgehead atoms. The van der Waals surface area contributed by atoms with Gasteiger partial charge in [0.15, 0.2) is 0 Å². The summed E-state index contributed by atoms with van der Waals surface area (Å²) in [6, 6.07) is 0.888. The van der Waals surface area contributed by atoms with Crippen molar-refractivity contribution in [3.63, 3.8) is 0 Å². The van der Waals surface area contributed by atoms with Crippen LogP contribution in [0.2, 0.25) is 0 Å². The van der Waals surface area contributed by atoms with Crippen molar-refractivity contribution in [2.24, 2.45) is 11.8 Å². The third-order valence-corrected chi connectivity index (χ3v) is 4.69. The van der Waals surface area contributed by atoms with Crippen LogP contribution in [0.3, 0.4) is 0 Å². The highest BCUT2D eigenvalue weighted by Crippen LogP contribution is 2.37. The fraction of sp³-hybridized carbons (Fsp3) is 0.923. The van der Waals surface area contributed by atoms with E-state index in [1.165, 1.54) is 25.7 Å². The number of carboxylic acids is 1. The highest BCUT2D eigenvalue weighted by molar-refractivity contribution is 5.71. The zero-order valence-corrected chi connectivity index (χ0v) is 10.4. The number of carbonyl (C=O) groups is 1. The van der Waals surface area contributed by atoms with Crippen LogP contribution in [-0.4, -0.2) is 34.6 Å². The molecule has 0 aromatic heterocycles. The van der Waals surface area contributed by atoms with Gasteiger partial charge in [-0.15, -0.1) is 0 Å². The number of aliphatic carboxylic acids is 1. The Balaban J connectivity index is 2.03. The second-order valence-electron chi connectivity index (χ2n) is 5.38. The zero-order valence-electron chi connectivity index (χ0n) is 10.4. The van der Waals surface area contributed by atoms with Crippen molar-refractivity contribution in [2.75, 3.05) is 6.54 Å². The normalized spacial score (nSPS) is 40.4. The van der Waals surface area contributed by atoms with Crippen LogP contribution in [0.5, 0.6) is 0 Å². The van der Waals surface area contributed by atoms with E-state index >= 15 is 0 Å². The summed E-state index contributed by atoms with van der Waals surface area (Å²) >= 11 is 0. The topological polar surface area (TPSA) is 40.5 Å². The number of likely N-dealkylation sites (tertiary alicyclic amines) is 1. The van der Waals surface area contributed by atoms with Gasteiger partial charge in [-0.05, 0) is 38.6 Å². The fourth-order valence-electron chi connectivity index (χ4n) is 3.69. The molecule has 4 atom stereocenters. The third-order valence-electron chi connectivity index (χ3n) is 4.69. The molecule has 1 saturated heterocycles. The van der Waals surface area contributed by atoms with Gasteiger partial charge in [-0.25, -0.2) is 0 Å². The zero-order chi connectivity index (χ0) is 11.7. The summed E-state index contributed by atoms with van der Waals surface area (Å²) in [6.45, 7) is 5.34. The quantitative estimate of drug-likeness (QED) is 0.801. The molecule has 0 aromatic rings. The average molecular weight is 225 g/mol. The Labute approximate surface area is 97.8 Å². The van der Waals surface area contributed by atoms with Crippen molar-refractivity contribution in [3.05, 3.63) is 0 Å². The van der Waals surface area contributed by atoms with Crippen LogP contribution in [0.4, 0.5) is 0 Å². The number of hydrogen-bond donors (Lipinski definition) is 1. The molecule has 0 spiro atoms. The molecule has 92 valence electrons. The van der Waals surface area contributed by atoms with Gasteiger partial charge in [-0.2, -0.15) is 0 Å². The molecule has 0 amide bonds. The van der Waals surface area contributed by atoms with Gasteiger partial charge in [0.1, 0.15) is 0 Å². The molecule has 0 radical (unpaired) electrons. The van der Waals surface area contributed by atoms with Crippen molar-refractivity contribution in [3.8, 4) is 0 Å². The summed E-state index contributed by atoms with van der Waals surface area (Å²) in [5, 5.41) is 9.14. The Hall–Kier alpha value is -0.570. The summed E-state index contributed by atoms with van der Waals surface area (Å²) in [7, 11) is 0. The first-order chi connectivity index (χ1) is 7.65. The van der Waals surface area contributed by atoms with Gasteiger partial charge < -0.3 is 5.11 Å². The molecule has 2 fully saturated rings. The lowest BCUT2D eigenvalue weighted by Gasteiger charge is -2.33. The highest BCUT2D eigenvalue weighted by atomic mass is 16.4. The molecule has 2 aliphatic rings. The molecule has 16 heavy (non-hydrogen) atoms. The van der Waals surface area contributed by atoms with E-state index in [0.717, 1.165) is 18.9 Å². The molecule has 4 unspecified atom stereocenters. The Morgan fingerprint density at radius 2 is 2.12 bits per heavy atom. The van der Waals surface area contributed by atoms with E-state index in [2.05, 4.69) is 18.7 Å². The molecule has 1 N–H and O–H groups in total. The van der Waals surface area contributed by atoms with E-state index in [-0.39, 0.29) is 12.0 Å². The predicted molar refractivity (Wildman–Crippen MR) is 63.3 cm³/mol. The summed E-state index contributed by atoms with van der Waals surface area (Å²) in [5.41, 5.74) is 0. The van der Waals surface area contributed by atoms with E-state index in [1.54, 1.807) is 0 Å². The van der Waals surface area contributed by atoms with Gasteiger partial charge in [0, 0.05) is 12.1 Å². The first-order valence-electron chi connectivity index (χ1n) is 6.63. The maximum Gasteiger partial charge on any atom is 0.308 e. The SMILES string of the molecule is CCC1CCCC1N1CCC(C(=O)O)C1C. The third kappa shape index (κ3) is 1.97. The van der Waals surface area contributed by atoms with Crippen LogP contribution < -0.4 is 0 Å². The first-order valence-corrected chi connectivity index (χ1v) is 6.63. The molecule has 1 heterocycles. The molecule has 3 heteroatoms. The lowest BCUT2D eigenvalue weighted by Crippen LogP contribution is -2.42. The molecular weight excluding hydrogens is 202 g/mol. The van der Waals surface area contributed by atoms with Gasteiger partial charge in [0.25, 0.3) is 0 Å². The molecule has 3 nitrogen and oxygen atoms in total. The summed E-state index contributed by atoms with van der Waals surface area (Å²) in [5.74, 6) is 0.0501. The molecule has 1 aliphatic heterocycles. The van der Waals surface area contributed by atoms with Crippen molar-refractivity contribution in [2.45, 2.75) is 58.0 Å². The minimum absolute atomic E-state index is 0.141. The Kier molecular flexibility index (Phi) is 3.53. The van der Waals surface area contributed by atoms with Crippen LogP contribution in [-0.2, 0) is 4.79 Å². The monoisotopic (exact) mass is 225 g/mol. The maximum atomic E-state index is 11.1. The standard InChI is InChI=1S/C13H23NO2/c1-3-10-5-4-6-12(10)14-8-7-11(9(14)2)13(15)16/h9-12H,3-8H2,1-2H3,(H,15,16). The van der Waals surface area contributed by atoms with Crippen LogP contribution in [0.15, 0.2) is 0 Å². The number of carboxylic acid groups (broad SMARTS) is 1. The lowest BCUT2D eigenvalue weighted by atomic mass is 9.97. The molecular formula is C13H23NO2. The van der Waals surface area contributed by atoms with Gasteiger partial charge in [-0.3, -0.25) is 9.69 Å². The smallest absolute Gasteiger partial charge is 0.308 e. The summed E-state index contributed by atoms with van der Waals surface area (Å²) < 4.78 is 0. The minimum atomic E-state index is -0.610. The van der Waals surface area contributed by atoms with E-state index in [1.807, 2.05) is 0 Å². The number of hydrogen-bond acceptors (Lipinski definition) is 2. The Bertz CT molecular complexity index is 267. The first kappa shape index (κ1) is 11.9. The second-order valence-corrected chi connectivity index (χ2v) is 5.38. The Morgan fingerprint density at radius 1 is 1.38 bits per heavy atom. The molecule has 0 aromatic carbocycles. The van der Waals surface area contributed by atoms with E-state index < -0.39 is 5.97 Å². The molecule has 1 saturated carbocycles. The highest BCUT2D eigenvalue weighted by Gasteiger charge is 2.42. The van der Waals surface area contributed by atoms with E-state index in [0.29, 0.717) is 6.04 Å². The second kappa shape index (κ2) is 4.74. The Morgan fingerprint density at radius 3 is 2.69 bits per heavy atom. The van der Waals surface area contributed by atoms with E-state index in [4.69, 9.17) is 5.11 Å². The van der Waals surface area contributed by atoms with Crippen LogP contribution in [0.1, 0.15) is 46.0 Å². The van der Waals surface area contributed by atoms with E-state index in [9.17, 15) is 4.79 Å². The maximum absolute atomic E-state index is 11.1. The largest absolute Gasteiger partial charge is 0.481 e. The summed E-state index contributed by atoms with van der Waals surface area (Å²) in [4.78, 5) is 13.6. The van der Waals surface area contributed by atoms with Crippen molar-refractivity contribution in [1.29, 1.82) is 0 Å². The van der Waals surface area contributed by atoms with Crippen molar-refractivity contribution in [1.82, 2.24) is 4.90 Å². The minimum Gasteiger partial charge on any atom is -0.481 e. The fourth-order valence-corrected chi connectivity index (χ4v) is 3.69. The van der Waals surface area contributed by atoms with Gasteiger partial charge in [0.2, 0.25) is 0 Å². The van der Waals surface area contributed by atoms with Crippen molar-refractivity contribution < 1.29 is 9.90 Å². The molecule has 2 rings (SSSR count). The lowest BCUT2D eigenvalue weighted by molar-refractivity contribution is -0.142. The predicted octanol–water partition coefficient (Wildman–Crippen LogP) is 2.36. The molecule has 1 aliphatic carbocycles. The van der Waals surface area contributed by atoms with Gasteiger partial charge in [-0.1, -0.05) is 19.8 Å². The van der Waals surface area contributed by atoms with Crippen LogP contribution >= 0.6 is 0 Å². The summed E-state index contributed by atoms with van der Waals surface area (Å²) in [6.07, 6.45) is 6.01. The van der Waals surface area contributed by atoms with Gasteiger partial charge in [0.05, 0.1) is 5.92 Å². The van der Waals surface area contributed by atoms with Crippen LogP contribution in [0.25, 0.3) is 0 Å². The number of rotatable bonds is 3. The number of nitrogens with zero attached hydrogens (tertiary/aromatic N) is 1. The van der Waals surface area contributed by atoms with Crippen molar-refractivity contribution >= 4 is 5.97 Å².